The highest BCUT2D eigenvalue weighted by Gasteiger charge is 2.08. The van der Waals surface area contributed by atoms with Gasteiger partial charge in [0.05, 0.1) is 12.3 Å². The topological polar surface area (TPSA) is 37.5 Å². The molecule has 3 nitrogen and oxygen atoms in total. The van der Waals surface area contributed by atoms with Crippen molar-refractivity contribution in [2.75, 3.05) is 0 Å². The second kappa shape index (κ2) is 4.68. The van der Waals surface area contributed by atoms with Gasteiger partial charge in [-0.2, -0.15) is 0 Å². The molecule has 4 heteroatoms. The molecule has 19 heavy (non-hydrogen) atoms. The molecule has 3 aromatic rings. The minimum atomic E-state index is -0.0135. The zero-order valence-corrected chi connectivity index (χ0v) is 11.2. The van der Waals surface area contributed by atoms with Crippen LogP contribution < -0.4 is 0 Å². The van der Waals surface area contributed by atoms with E-state index in [0.29, 0.717) is 0 Å². The maximum atomic E-state index is 9.33. The normalized spacial score (nSPS) is 11.1. The summed E-state index contributed by atoms with van der Waals surface area (Å²) in [5.41, 5.74) is 4.53. The van der Waals surface area contributed by atoms with Gasteiger partial charge in [-0.3, -0.25) is 0 Å². The monoisotopic (exact) mass is 272 g/mol. The Bertz CT molecular complexity index is 749. The molecule has 0 aliphatic heterocycles. The number of fused-ring (bicyclic) bond motifs is 1. The lowest BCUT2D eigenvalue weighted by molar-refractivity contribution is 0.282. The standard InChI is InChI=1S/C15H13ClN2O/c1-10-7-11(4-5-13(10)16)14-8-18-6-2-3-12(9-19)15(18)17-14/h2-8,19H,9H2,1H3. The van der Waals surface area contributed by atoms with Crippen LogP contribution in [0.1, 0.15) is 11.1 Å². The van der Waals surface area contributed by atoms with Crippen molar-refractivity contribution in [2.24, 2.45) is 0 Å². The van der Waals surface area contributed by atoms with E-state index < -0.39 is 0 Å². The average molecular weight is 273 g/mol. The van der Waals surface area contributed by atoms with Crippen LogP contribution in [0.25, 0.3) is 16.9 Å². The molecule has 0 saturated carbocycles. The number of nitrogens with zero attached hydrogens (tertiary/aromatic N) is 2. The Labute approximate surface area is 116 Å². The van der Waals surface area contributed by atoms with E-state index >= 15 is 0 Å². The molecule has 1 N–H and O–H groups in total. The van der Waals surface area contributed by atoms with Crippen molar-refractivity contribution in [3.8, 4) is 11.3 Å². The van der Waals surface area contributed by atoms with Gasteiger partial charge in [-0.1, -0.05) is 23.7 Å². The van der Waals surface area contributed by atoms with Crippen LogP contribution in [-0.4, -0.2) is 14.5 Å². The first-order chi connectivity index (χ1) is 9.19. The molecule has 0 amide bonds. The first-order valence-electron chi connectivity index (χ1n) is 6.03. The van der Waals surface area contributed by atoms with Crippen LogP contribution in [0.5, 0.6) is 0 Å². The van der Waals surface area contributed by atoms with Gasteiger partial charge >= 0.3 is 0 Å². The predicted molar refractivity (Wildman–Crippen MR) is 76.3 cm³/mol. The fourth-order valence-electron chi connectivity index (χ4n) is 2.14. The van der Waals surface area contributed by atoms with Crippen LogP contribution in [0.3, 0.4) is 0 Å². The summed E-state index contributed by atoms with van der Waals surface area (Å²) >= 11 is 6.04. The largest absolute Gasteiger partial charge is 0.392 e. The van der Waals surface area contributed by atoms with E-state index in [2.05, 4.69) is 4.98 Å². The summed E-state index contributed by atoms with van der Waals surface area (Å²) in [5.74, 6) is 0. The zero-order chi connectivity index (χ0) is 13.4. The summed E-state index contributed by atoms with van der Waals surface area (Å²) in [7, 11) is 0. The molecule has 0 atom stereocenters. The van der Waals surface area contributed by atoms with Gasteiger partial charge in [0.15, 0.2) is 0 Å². The van der Waals surface area contributed by atoms with Crippen molar-refractivity contribution in [1.29, 1.82) is 0 Å². The molecule has 1 aromatic carbocycles. The Hall–Kier alpha value is -1.84. The van der Waals surface area contributed by atoms with Gasteiger partial charge in [0.2, 0.25) is 0 Å². The van der Waals surface area contributed by atoms with Gasteiger partial charge in [-0.15, -0.1) is 0 Å². The lowest BCUT2D eigenvalue weighted by atomic mass is 10.1. The molecule has 0 bridgehead atoms. The first-order valence-corrected chi connectivity index (χ1v) is 6.41. The van der Waals surface area contributed by atoms with E-state index in [1.54, 1.807) is 0 Å². The fraction of sp³-hybridized carbons (Fsp3) is 0.133. The third kappa shape index (κ3) is 2.11. The molecule has 0 unspecified atom stereocenters. The number of aliphatic hydroxyl groups is 1. The average Bonchev–Trinajstić information content (AvgIpc) is 2.85. The van der Waals surface area contributed by atoms with E-state index in [0.717, 1.165) is 33.1 Å². The zero-order valence-electron chi connectivity index (χ0n) is 10.5. The molecular formula is C15H13ClN2O. The van der Waals surface area contributed by atoms with E-state index in [1.165, 1.54) is 0 Å². The molecule has 3 rings (SSSR count). The lowest BCUT2D eigenvalue weighted by Gasteiger charge is -2.00. The fourth-order valence-corrected chi connectivity index (χ4v) is 2.26. The van der Waals surface area contributed by atoms with E-state index in [9.17, 15) is 5.11 Å². The van der Waals surface area contributed by atoms with Crippen molar-refractivity contribution >= 4 is 17.2 Å². The molecule has 0 radical (unpaired) electrons. The molecule has 2 heterocycles. The molecule has 0 saturated heterocycles. The van der Waals surface area contributed by atoms with Gasteiger partial charge in [0, 0.05) is 28.5 Å². The molecule has 0 fully saturated rings. The molecule has 2 aromatic heterocycles. The number of aryl methyl sites for hydroxylation is 1. The van der Waals surface area contributed by atoms with Crippen molar-refractivity contribution in [1.82, 2.24) is 9.38 Å². The van der Waals surface area contributed by atoms with Gasteiger partial charge < -0.3 is 9.51 Å². The number of halogens is 1. The Kier molecular flexibility index (Phi) is 3.01. The summed E-state index contributed by atoms with van der Waals surface area (Å²) in [6.45, 7) is 1.96. The number of aromatic nitrogens is 2. The van der Waals surface area contributed by atoms with Crippen molar-refractivity contribution in [3.05, 3.63) is 58.9 Å². The van der Waals surface area contributed by atoms with Crippen molar-refractivity contribution in [2.45, 2.75) is 13.5 Å². The van der Waals surface area contributed by atoms with Crippen LogP contribution in [0.4, 0.5) is 0 Å². The summed E-state index contributed by atoms with van der Waals surface area (Å²) in [4.78, 5) is 4.58. The lowest BCUT2D eigenvalue weighted by Crippen LogP contribution is -1.90. The van der Waals surface area contributed by atoms with E-state index in [4.69, 9.17) is 11.6 Å². The van der Waals surface area contributed by atoms with Crippen molar-refractivity contribution in [3.63, 3.8) is 0 Å². The van der Waals surface area contributed by atoms with Crippen LogP contribution in [-0.2, 0) is 6.61 Å². The second-order valence-corrected chi connectivity index (χ2v) is 4.92. The minimum absolute atomic E-state index is 0.0135. The Morgan fingerprint density at radius 1 is 1.32 bits per heavy atom. The number of hydrogen-bond donors (Lipinski definition) is 1. The van der Waals surface area contributed by atoms with Crippen LogP contribution >= 0.6 is 11.6 Å². The molecule has 96 valence electrons. The maximum absolute atomic E-state index is 9.33. The molecular weight excluding hydrogens is 260 g/mol. The van der Waals surface area contributed by atoms with Gasteiger partial charge in [0.25, 0.3) is 0 Å². The number of aliphatic hydroxyl groups excluding tert-OH is 1. The summed E-state index contributed by atoms with van der Waals surface area (Å²) in [5, 5.41) is 10.1. The minimum Gasteiger partial charge on any atom is -0.392 e. The summed E-state index contributed by atoms with van der Waals surface area (Å²) in [6, 6.07) is 9.62. The Morgan fingerprint density at radius 2 is 2.16 bits per heavy atom. The number of imidazole rings is 1. The Morgan fingerprint density at radius 3 is 2.89 bits per heavy atom. The Balaban J connectivity index is 2.17. The SMILES string of the molecule is Cc1cc(-c2cn3cccc(CO)c3n2)ccc1Cl. The van der Waals surface area contributed by atoms with Gasteiger partial charge in [0.1, 0.15) is 5.65 Å². The predicted octanol–water partition coefficient (Wildman–Crippen LogP) is 3.46. The smallest absolute Gasteiger partial charge is 0.142 e. The molecule has 0 aliphatic rings. The highest BCUT2D eigenvalue weighted by molar-refractivity contribution is 6.31. The third-order valence-electron chi connectivity index (χ3n) is 3.19. The highest BCUT2D eigenvalue weighted by Crippen LogP contribution is 2.25. The van der Waals surface area contributed by atoms with E-state index in [1.807, 2.05) is 54.0 Å². The second-order valence-electron chi connectivity index (χ2n) is 4.51. The number of hydrogen-bond acceptors (Lipinski definition) is 2. The number of pyridine rings is 1. The summed E-state index contributed by atoms with van der Waals surface area (Å²) < 4.78 is 1.92. The van der Waals surface area contributed by atoms with Crippen LogP contribution in [0, 0.1) is 6.92 Å². The van der Waals surface area contributed by atoms with Gasteiger partial charge in [-0.05, 0) is 30.7 Å². The van der Waals surface area contributed by atoms with Gasteiger partial charge in [-0.25, -0.2) is 4.98 Å². The maximum Gasteiger partial charge on any atom is 0.142 e. The first kappa shape index (κ1) is 12.2. The number of benzene rings is 1. The van der Waals surface area contributed by atoms with Crippen molar-refractivity contribution < 1.29 is 5.11 Å². The molecule has 0 spiro atoms. The number of rotatable bonds is 2. The third-order valence-corrected chi connectivity index (χ3v) is 3.61. The highest BCUT2D eigenvalue weighted by atomic mass is 35.5. The quantitative estimate of drug-likeness (QED) is 0.776. The van der Waals surface area contributed by atoms with Crippen LogP contribution in [0.15, 0.2) is 42.7 Å². The van der Waals surface area contributed by atoms with E-state index in [-0.39, 0.29) is 6.61 Å². The molecule has 0 aliphatic carbocycles. The summed E-state index contributed by atoms with van der Waals surface area (Å²) in [6.07, 6.45) is 3.88. The van der Waals surface area contributed by atoms with Crippen LogP contribution in [0.2, 0.25) is 5.02 Å².